The van der Waals surface area contributed by atoms with Crippen molar-refractivity contribution >= 4 is 5.91 Å². The maximum absolute atomic E-state index is 14.3. The van der Waals surface area contributed by atoms with Gasteiger partial charge in [-0.15, -0.1) is 0 Å². The standard InChI is InChI=1S/C17H25FN2O2/c1-2-16(22)19-14-11-20(15(12-21)17(14)18)10-6-9-13-7-4-3-5-8-13/h3-5,7-8,14-15,17,21H,2,6,9-12H2,1H3,(H,19,22). The number of halogens is 1. The Morgan fingerprint density at radius 2 is 2.14 bits per heavy atom. The molecule has 1 aromatic rings. The molecule has 1 heterocycles. The average molecular weight is 308 g/mol. The Balaban J connectivity index is 1.85. The van der Waals surface area contributed by atoms with Gasteiger partial charge in [0.1, 0.15) is 6.17 Å². The Bertz CT molecular complexity index is 469. The summed E-state index contributed by atoms with van der Waals surface area (Å²) in [5, 5.41) is 12.2. The Labute approximate surface area is 131 Å². The number of aliphatic hydroxyl groups is 1. The van der Waals surface area contributed by atoms with Crippen LogP contribution in [0, 0.1) is 0 Å². The van der Waals surface area contributed by atoms with Crippen molar-refractivity contribution in [1.29, 1.82) is 0 Å². The Morgan fingerprint density at radius 3 is 2.77 bits per heavy atom. The zero-order chi connectivity index (χ0) is 15.9. The van der Waals surface area contributed by atoms with Crippen molar-refractivity contribution in [2.24, 2.45) is 0 Å². The predicted molar refractivity (Wildman–Crippen MR) is 84.3 cm³/mol. The minimum absolute atomic E-state index is 0.143. The minimum atomic E-state index is -1.21. The molecule has 0 spiro atoms. The zero-order valence-corrected chi connectivity index (χ0v) is 13.0. The van der Waals surface area contributed by atoms with Crippen molar-refractivity contribution in [3.8, 4) is 0 Å². The van der Waals surface area contributed by atoms with Gasteiger partial charge in [-0.3, -0.25) is 9.69 Å². The van der Waals surface area contributed by atoms with E-state index in [4.69, 9.17) is 0 Å². The number of nitrogens with zero attached hydrogens (tertiary/aromatic N) is 1. The number of hydrogen-bond donors (Lipinski definition) is 2. The molecular weight excluding hydrogens is 283 g/mol. The van der Waals surface area contributed by atoms with E-state index in [-0.39, 0.29) is 12.5 Å². The van der Waals surface area contributed by atoms with Crippen LogP contribution in [0.4, 0.5) is 4.39 Å². The van der Waals surface area contributed by atoms with Gasteiger partial charge >= 0.3 is 0 Å². The second-order valence-corrected chi connectivity index (χ2v) is 5.81. The molecule has 0 aliphatic carbocycles. The molecule has 0 aromatic heterocycles. The van der Waals surface area contributed by atoms with E-state index in [0.717, 1.165) is 19.4 Å². The number of carbonyl (C=O) groups is 1. The number of likely N-dealkylation sites (tertiary alicyclic amines) is 1. The number of hydrogen-bond acceptors (Lipinski definition) is 3. The molecule has 22 heavy (non-hydrogen) atoms. The highest BCUT2D eigenvalue weighted by molar-refractivity contribution is 5.76. The van der Waals surface area contributed by atoms with Crippen LogP contribution < -0.4 is 5.32 Å². The summed E-state index contributed by atoms with van der Waals surface area (Å²) in [5.41, 5.74) is 1.26. The minimum Gasteiger partial charge on any atom is -0.395 e. The van der Waals surface area contributed by atoms with Gasteiger partial charge < -0.3 is 10.4 Å². The normalized spacial score (nSPS) is 25.3. The van der Waals surface area contributed by atoms with Crippen LogP contribution in [0.3, 0.4) is 0 Å². The summed E-state index contributed by atoms with van der Waals surface area (Å²) in [4.78, 5) is 13.4. The zero-order valence-electron chi connectivity index (χ0n) is 13.0. The van der Waals surface area contributed by atoms with E-state index in [9.17, 15) is 14.3 Å². The first-order valence-electron chi connectivity index (χ1n) is 7.98. The number of alkyl halides is 1. The van der Waals surface area contributed by atoms with Crippen LogP contribution in [-0.2, 0) is 11.2 Å². The highest BCUT2D eigenvalue weighted by atomic mass is 19.1. The van der Waals surface area contributed by atoms with Crippen molar-refractivity contribution < 1.29 is 14.3 Å². The lowest BCUT2D eigenvalue weighted by atomic mass is 10.1. The highest BCUT2D eigenvalue weighted by Gasteiger charge is 2.41. The van der Waals surface area contributed by atoms with Crippen molar-refractivity contribution in [3.63, 3.8) is 0 Å². The van der Waals surface area contributed by atoms with E-state index < -0.39 is 18.3 Å². The summed E-state index contributed by atoms with van der Waals surface area (Å²) >= 11 is 0. The van der Waals surface area contributed by atoms with Gasteiger partial charge in [-0.05, 0) is 24.9 Å². The Hall–Kier alpha value is -1.46. The number of aryl methyl sites for hydroxylation is 1. The van der Waals surface area contributed by atoms with Crippen LogP contribution in [0.1, 0.15) is 25.3 Å². The maximum Gasteiger partial charge on any atom is 0.220 e. The molecule has 1 saturated heterocycles. The van der Waals surface area contributed by atoms with Crippen LogP contribution in [0.2, 0.25) is 0 Å². The molecule has 2 rings (SSSR count). The van der Waals surface area contributed by atoms with Crippen LogP contribution in [0.25, 0.3) is 0 Å². The third kappa shape index (κ3) is 4.27. The molecule has 3 unspecified atom stereocenters. The second kappa shape index (κ2) is 8.25. The lowest BCUT2D eigenvalue weighted by Crippen LogP contribution is -2.42. The molecule has 1 aliphatic heterocycles. The van der Waals surface area contributed by atoms with Gasteiger partial charge in [-0.25, -0.2) is 4.39 Å². The van der Waals surface area contributed by atoms with E-state index in [1.165, 1.54) is 5.56 Å². The van der Waals surface area contributed by atoms with Gasteiger partial charge in [0.25, 0.3) is 0 Å². The van der Waals surface area contributed by atoms with Gasteiger partial charge in [0.05, 0.1) is 18.7 Å². The van der Waals surface area contributed by atoms with Gasteiger partial charge in [-0.1, -0.05) is 37.3 Å². The summed E-state index contributed by atoms with van der Waals surface area (Å²) < 4.78 is 14.3. The van der Waals surface area contributed by atoms with Crippen LogP contribution in [0.15, 0.2) is 30.3 Å². The van der Waals surface area contributed by atoms with E-state index in [1.54, 1.807) is 6.92 Å². The van der Waals surface area contributed by atoms with Crippen molar-refractivity contribution in [1.82, 2.24) is 10.2 Å². The van der Waals surface area contributed by atoms with E-state index in [1.807, 2.05) is 23.1 Å². The number of nitrogens with one attached hydrogen (secondary N) is 1. The highest BCUT2D eigenvalue weighted by Crippen LogP contribution is 2.22. The number of aliphatic hydroxyl groups excluding tert-OH is 1. The molecular formula is C17H25FN2O2. The summed E-state index contributed by atoms with van der Waals surface area (Å²) in [6, 6.07) is 9.14. The Kier molecular flexibility index (Phi) is 6.34. The molecule has 5 heteroatoms. The largest absolute Gasteiger partial charge is 0.395 e. The summed E-state index contributed by atoms with van der Waals surface area (Å²) in [5.74, 6) is -0.143. The number of carbonyl (C=O) groups excluding carboxylic acids is 1. The lowest BCUT2D eigenvalue weighted by Gasteiger charge is -2.22. The Morgan fingerprint density at radius 1 is 1.41 bits per heavy atom. The fourth-order valence-electron chi connectivity index (χ4n) is 3.00. The van der Waals surface area contributed by atoms with E-state index in [0.29, 0.717) is 13.0 Å². The number of benzene rings is 1. The maximum atomic E-state index is 14.3. The number of rotatable bonds is 7. The molecule has 0 radical (unpaired) electrons. The molecule has 4 nitrogen and oxygen atoms in total. The molecule has 3 atom stereocenters. The fourth-order valence-corrected chi connectivity index (χ4v) is 3.00. The topological polar surface area (TPSA) is 52.6 Å². The van der Waals surface area contributed by atoms with Crippen molar-refractivity contribution in [3.05, 3.63) is 35.9 Å². The van der Waals surface area contributed by atoms with Crippen LogP contribution in [-0.4, -0.2) is 53.9 Å². The van der Waals surface area contributed by atoms with Gasteiger partial charge in [0.15, 0.2) is 0 Å². The molecule has 0 bridgehead atoms. The van der Waals surface area contributed by atoms with Crippen LogP contribution >= 0.6 is 0 Å². The molecule has 1 fully saturated rings. The molecule has 2 N–H and O–H groups in total. The first kappa shape index (κ1) is 16.9. The van der Waals surface area contributed by atoms with Crippen molar-refractivity contribution in [2.45, 2.75) is 44.4 Å². The SMILES string of the molecule is CCC(=O)NC1CN(CCCc2ccccc2)C(CO)C1F. The van der Waals surface area contributed by atoms with Gasteiger partial charge in [0.2, 0.25) is 5.91 Å². The fraction of sp³-hybridized carbons (Fsp3) is 0.588. The molecule has 1 amide bonds. The molecule has 1 aliphatic rings. The monoisotopic (exact) mass is 308 g/mol. The van der Waals surface area contributed by atoms with Gasteiger partial charge in [-0.2, -0.15) is 0 Å². The van der Waals surface area contributed by atoms with Crippen LogP contribution in [0.5, 0.6) is 0 Å². The third-order valence-corrected chi connectivity index (χ3v) is 4.26. The summed E-state index contributed by atoms with van der Waals surface area (Å²) in [7, 11) is 0. The molecule has 122 valence electrons. The number of amides is 1. The predicted octanol–water partition coefficient (Wildman–Crippen LogP) is 1.53. The summed E-state index contributed by atoms with van der Waals surface area (Å²) in [6.07, 6.45) is 0.971. The second-order valence-electron chi connectivity index (χ2n) is 5.81. The van der Waals surface area contributed by atoms with E-state index >= 15 is 0 Å². The van der Waals surface area contributed by atoms with Crippen molar-refractivity contribution in [2.75, 3.05) is 19.7 Å². The third-order valence-electron chi connectivity index (χ3n) is 4.26. The molecule has 1 aromatic carbocycles. The lowest BCUT2D eigenvalue weighted by molar-refractivity contribution is -0.121. The average Bonchev–Trinajstić information content (AvgIpc) is 2.83. The van der Waals surface area contributed by atoms with Gasteiger partial charge in [0, 0.05) is 13.0 Å². The smallest absolute Gasteiger partial charge is 0.220 e. The first-order valence-corrected chi connectivity index (χ1v) is 7.98. The quantitative estimate of drug-likeness (QED) is 0.803. The first-order chi connectivity index (χ1) is 10.7. The van der Waals surface area contributed by atoms with E-state index in [2.05, 4.69) is 17.4 Å². The summed E-state index contributed by atoms with van der Waals surface area (Å²) in [6.45, 7) is 2.72. The molecule has 0 saturated carbocycles.